The first-order valence-corrected chi connectivity index (χ1v) is 10.8. The van der Waals surface area contributed by atoms with Crippen LogP contribution in [0.15, 0.2) is 78.0 Å². The van der Waals surface area contributed by atoms with Crippen LogP contribution in [0, 0.1) is 0 Å². The molecule has 4 rings (SSSR count). The van der Waals surface area contributed by atoms with Gasteiger partial charge in [-0.3, -0.25) is 4.79 Å². The zero-order valence-corrected chi connectivity index (χ0v) is 18.9. The molecule has 1 saturated heterocycles. The summed E-state index contributed by atoms with van der Waals surface area (Å²) in [4.78, 5) is 34.6. The second-order valence-corrected chi connectivity index (χ2v) is 7.96. The first kappa shape index (κ1) is 23.1. The smallest absolute Gasteiger partial charge is 0.417 e. The molecule has 0 saturated carbocycles. The number of imide groups is 1. The molecule has 9 nitrogen and oxygen atoms in total. The Morgan fingerprint density at radius 2 is 1.88 bits per heavy atom. The summed E-state index contributed by atoms with van der Waals surface area (Å²) in [6.07, 6.45) is 0.752. The Hall–Kier alpha value is -4.07. The number of aromatic nitrogens is 1. The number of pyridine rings is 1. The van der Waals surface area contributed by atoms with Crippen LogP contribution < -0.4 is 4.74 Å². The zero-order chi connectivity index (χ0) is 24.1. The van der Waals surface area contributed by atoms with Gasteiger partial charge in [0.15, 0.2) is 0 Å². The Bertz CT molecular complexity index is 1210. The number of nitrogens with zero attached hydrogens (tertiary/aromatic N) is 5. The van der Waals surface area contributed by atoms with Crippen molar-refractivity contribution >= 4 is 23.6 Å². The number of carbonyl (C=O) groups excluding carboxylic acids is 2. The van der Waals surface area contributed by atoms with Gasteiger partial charge in [-0.2, -0.15) is 0 Å². The normalized spacial score (nSPS) is 16.8. The molecule has 0 spiro atoms. The maximum absolute atomic E-state index is 13.8. The summed E-state index contributed by atoms with van der Waals surface area (Å²) in [5.41, 5.74) is 11.3. The van der Waals surface area contributed by atoms with E-state index in [-0.39, 0.29) is 6.61 Å². The molecule has 3 atom stereocenters. The van der Waals surface area contributed by atoms with Gasteiger partial charge in [0, 0.05) is 28.1 Å². The number of hydrogen-bond acceptors (Lipinski definition) is 6. The summed E-state index contributed by atoms with van der Waals surface area (Å²) in [7, 11) is 1.49. The number of ether oxygens (including phenoxy) is 2. The second-order valence-electron chi connectivity index (χ2n) is 7.52. The maximum Gasteiger partial charge on any atom is 0.417 e. The molecular formula is C24H20ClN5O4. The van der Waals surface area contributed by atoms with Crippen LogP contribution in [-0.2, 0) is 9.53 Å². The summed E-state index contributed by atoms with van der Waals surface area (Å²) < 4.78 is 10.3. The van der Waals surface area contributed by atoms with E-state index in [4.69, 9.17) is 21.1 Å². The van der Waals surface area contributed by atoms with Gasteiger partial charge in [-0.1, -0.05) is 65.2 Å². The lowest BCUT2D eigenvalue weighted by Gasteiger charge is -2.28. The molecule has 2 amide bonds. The Kier molecular flexibility index (Phi) is 6.96. The predicted molar refractivity (Wildman–Crippen MR) is 124 cm³/mol. The lowest BCUT2D eigenvalue weighted by Crippen LogP contribution is -2.43. The van der Waals surface area contributed by atoms with E-state index in [2.05, 4.69) is 15.0 Å². The molecule has 1 aromatic heterocycles. The van der Waals surface area contributed by atoms with Crippen molar-refractivity contribution in [3.8, 4) is 5.88 Å². The van der Waals surface area contributed by atoms with E-state index in [0.29, 0.717) is 22.0 Å². The number of methoxy groups -OCH3 is 1. The van der Waals surface area contributed by atoms with E-state index in [1.807, 2.05) is 18.2 Å². The van der Waals surface area contributed by atoms with Crippen LogP contribution in [0.5, 0.6) is 5.88 Å². The summed E-state index contributed by atoms with van der Waals surface area (Å²) in [6.45, 7) is 0.00722. The topological polar surface area (TPSA) is 117 Å². The molecule has 2 heterocycles. The van der Waals surface area contributed by atoms with Crippen molar-refractivity contribution < 1.29 is 19.1 Å². The zero-order valence-electron chi connectivity index (χ0n) is 18.1. The lowest BCUT2D eigenvalue weighted by atomic mass is 9.85. The minimum absolute atomic E-state index is 0.00722. The van der Waals surface area contributed by atoms with Gasteiger partial charge in [-0.05, 0) is 34.4 Å². The van der Waals surface area contributed by atoms with Gasteiger partial charge in [0.25, 0.3) is 0 Å². The third-order valence-corrected chi connectivity index (χ3v) is 5.85. The van der Waals surface area contributed by atoms with E-state index in [0.717, 1.165) is 10.5 Å². The highest BCUT2D eigenvalue weighted by atomic mass is 35.5. The fraction of sp³-hybridized carbons (Fsp3) is 0.208. The Labute approximate surface area is 200 Å². The van der Waals surface area contributed by atoms with Gasteiger partial charge in [0.1, 0.15) is 18.7 Å². The van der Waals surface area contributed by atoms with E-state index in [1.54, 1.807) is 54.7 Å². The van der Waals surface area contributed by atoms with E-state index in [9.17, 15) is 15.1 Å². The minimum atomic E-state index is -1.29. The van der Waals surface area contributed by atoms with Crippen LogP contribution in [0.4, 0.5) is 4.79 Å². The van der Waals surface area contributed by atoms with Crippen LogP contribution in [-0.4, -0.2) is 41.6 Å². The Morgan fingerprint density at radius 1 is 1.18 bits per heavy atom. The second kappa shape index (κ2) is 10.2. The molecule has 0 N–H and O–H groups in total. The molecular weight excluding hydrogens is 458 g/mol. The molecule has 1 aliphatic rings. The van der Waals surface area contributed by atoms with E-state index < -0.39 is 30.0 Å². The summed E-state index contributed by atoms with van der Waals surface area (Å²) in [5.74, 6) is -1.04. The molecule has 172 valence electrons. The van der Waals surface area contributed by atoms with Crippen molar-refractivity contribution in [3.05, 3.63) is 105 Å². The lowest BCUT2D eigenvalue weighted by molar-refractivity contribution is -0.130. The summed E-state index contributed by atoms with van der Waals surface area (Å²) >= 11 is 6.07. The van der Waals surface area contributed by atoms with Crippen molar-refractivity contribution in [1.82, 2.24) is 9.88 Å². The summed E-state index contributed by atoms with van der Waals surface area (Å²) in [5, 5.41) is 4.35. The highest BCUT2D eigenvalue weighted by molar-refractivity contribution is 6.30. The van der Waals surface area contributed by atoms with Crippen molar-refractivity contribution in [2.45, 2.75) is 18.0 Å². The highest BCUT2D eigenvalue weighted by Gasteiger charge is 2.44. The SMILES string of the molecule is COc1ccc([C@H](c2ccc(Cl)cc2)[C@H](N=[N+]=[N-])C(=O)N2C(=O)OC[C@@H]2c2ccccc2)cn1. The largest absolute Gasteiger partial charge is 0.481 e. The van der Waals surface area contributed by atoms with E-state index in [1.165, 1.54) is 7.11 Å². The monoisotopic (exact) mass is 477 g/mol. The Balaban J connectivity index is 1.79. The molecule has 10 heteroatoms. The number of rotatable bonds is 7. The molecule has 0 unspecified atom stereocenters. The molecule has 0 aliphatic carbocycles. The number of azide groups is 1. The van der Waals surface area contributed by atoms with Crippen LogP contribution >= 0.6 is 11.6 Å². The molecule has 1 fully saturated rings. The van der Waals surface area contributed by atoms with Gasteiger partial charge in [-0.15, -0.1) is 0 Å². The number of hydrogen-bond donors (Lipinski definition) is 0. The fourth-order valence-corrected chi connectivity index (χ4v) is 4.09. The minimum Gasteiger partial charge on any atom is -0.481 e. The van der Waals surface area contributed by atoms with Gasteiger partial charge in [-0.25, -0.2) is 14.7 Å². The average Bonchev–Trinajstić information content (AvgIpc) is 3.26. The standard InChI is InChI=1S/C24H20ClN5O4/c1-33-20-12-9-17(13-27-20)21(16-7-10-18(25)11-8-16)22(28-29-26)23(31)30-19(14-34-24(30)32)15-5-3-2-4-6-15/h2-13,19,21-22H,14H2,1H3/t19-,21+,22+/m1/s1. The third-order valence-electron chi connectivity index (χ3n) is 5.60. The third kappa shape index (κ3) is 4.66. The first-order chi connectivity index (χ1) is 16.5. The molecule has 1 aliphatic heterocycles. The van der Waals surface area contributed by atoms with E-state index >= 15 is 0 Å². The number of benzene rings is 2. The highest BCUT2D eigenvalue weighted by Crippen LogP contribution is 2.36. The van der Waals surface area contributed by atoms with Crippen molar-refractivity contribution in [2.24, 2.45) is 5.11 Å². The molecule has 3 aromatic rings. The predicted octanol–water partition coefficient (Wildman–Crippen LogP) is 5.27. The average molecular weight is 478 g/mol. The van der Waals surface area contributed by atoms with Crippen LogP contribution in [0.25, 0.3) is 10.4 Å². The van der Waals surface area contributed by atoms with Gasteiger partial charge >= 0.3 is 6.09 Å². The maximum atomic E-state index is 13.8. The van der Waals surface area contributed by atoms with Gasteiger partial charge in [0.2, 0.25) is 11.8 Å². The van der Waals surface area contributed by atoms with Crippen molar-refractivity contribution in [3.63, 3.8) is 0 Å². The van der Waals surface area contributed by atoms with Crippen molar-refractivity contribution in [1.29, 1.82) is 0 Å². The summed E-state index contributed by atoms with van der Waals surface area (Å²) in [6, 6.07) is 17.3. The number of cyclic esters (lactones) is 1. The number of amides is 2. The van der Waals surface area contributed by atoms with Crippen LogP contribution in [0.3, 0.4) is 0 Å². The van der Waals surface area contributed by atoms with Gasteiger partial charge < -0.3 is 9.47 Å². The van der Waals surface area contributed by atoms with Crippen LogP contribution in [0.2, 0.25) is 5.02 Å². The number of halogens is 1. The van der Waals surface area contributed by atoms with Gasteiger partial charge in [0.05, 0.1) is 7.11 Å². The fourth-order valence-electron chi connectivity index (χ4n) is 3.97. The molecule has 0 radical (unpaired) electrons. The molecule has 34 heavy (non-hydrogen) atoms. The molecule has 0 bridgehead atoms. The van der Waals surface area contributed by atoms with Crippen molar-refractivity contribution in [2.75, 3.05) is 13.7 Å². The molecule has 2 aromatic carbocycles. The van der Waals surface area contributed by atoms with Crippen LogP contribution in [0.1, 0.15) is 28.7 Å². The number of carbonyl (C=O) groups is 2. The Morgan fingerprint density at radius 3 is 2.50 bits per heavy atom. The quantitative estimate of drug-likeness (QED) is 0.261. The first-order valence-electron chi connectivity index (χ1n) is 10.4.